The van der Waals surface area contributed by atoms with Crippen LogP contribution in [0.5, 0.6) is 0 Å². The van der Waals surface area contributed by atoms with Gasteiger partial charge in [-0.25, -0.2) is 9.59 Å². The van der Waals surface area contributed by atoms with Crippen LogP contribution in [-0.2, 0) is 18.9 Å². The molecule has 0 spiro atoms. The third kappa shape index (κ3) is 1.95. The van der Waals surface area contributed by atoms with Crippen molar-refractivity contribution in [1.29, 1.82) is 0 Å². The molecule has 1 saturated carbocycles. The fourth-order valence-electron chi connectivity index (χ4n) is 2.65. The first-order valence-electron chi connectivity index (χ1n) is 6.59. The summed E-state index contributed by atoms with van der Waals surface area (Å²) >= 11 is 0. The van der Waals surface area contributed by atoms with Crippen LogP contribution < -0.4 is 5.69 Å². The predicted octanol–water partition coefficient (Wildman–Crippen LogP) is 1.75. The van der Waals surface area contributed by atoms with Gasteiger partial charge in [-0.15, -0.1) is 0 Å². The van der Waals surface area contributed by atoms with Gasteiger partial charge < -0.3 is 5.11 Å². The van der Waals surface area contributed by atoms with Crippen LogP contribution in [0.4, 0.5) is 0 Å². The Kier molecular flexibility index (Phi) is 2.78. The summed E-state index contributed by atoms with van der Waals surface area (Å²) in [6.07, 6.45) is 3.36. The van der Waals surface area contributed by atoms with Gasteiger partial charge in [0.2, 0.25) is 0 Å². The van der Waals surface area contributed by atoms with Gasteiger partial charge in [0.15, 0.2) is 0 Å². The zero-order chi connectivity index (χ0) is 14.4. The van der Waals surface area contributed by atoms with Crippen molar-refractivity contribution >= 4 is 22.6 Å². The van der Waals surface area contributed by atoms with Crippen LogP contribution in [0, 0.1) is 5.92 Å². The van der Waals surface area contributed by atoms with Crippen molar-refractivity contribution in [2.24, 2.45) is 20.0 Å². The molecular formula is C15H16N2O3. The molecule has 1 aromatic heterocycles. The van der Waals surface area contributed by atoms with Crippen molar-refractivity contribution in [1.82, 2.24) is 9.13 Å². The number of allylic oxidation sites excluding steroid dienone is 1. The van der Waals surface area contributed by atoms with Crippen molar-refractivity contribution in [3.05, 3.63) is 40.3 Å². The van der Waals surface area contributed by atoms with Crippen LogP contribution >= 0.6 is 0 Å². The van der Waals surface area contributed by atoms with Crippen LogP contribution in [0.1, 0.15) is 18.4 Å². The average Bonchev–Trinajstić information content (AvgIpc) is 3.23. The Labute approximate surface area is 115 Å². The second-order valence-corrected chi connectivity index (χ2v) is 5.32. The standard InChI is InChI=1S/C15H16N2O3/c1-16-12-6-5-10(7-13(12)17(2)15(16)20)11(8-14(18)19)9-3-4-9/h5-9H,3-4H2,1-2H3,(H,18,19)/b11-8+. The minimum absolute atomic E-state index is 0.0765. The lowest BCUT2D eigenvalue weighted by molar-refractivity contribution is -0.131. The fraction of sp³-hybridized carbons (Fsp3) is 0.333. The van der Waals surface area contributed by atoms with Crippen molar-refractivity contribution < 1.29 is 9.90 Å². The highest BCUT2D eigenvalue weighted by Crippen LogP contribution is 2.42. The molecule has 2 aromatic rings. The van der Waals surface area contributed by atoms with Gasteiger partial charge in [-0.1, -0.05) is 6.07 Å². The number of hydrogen-bond acceptors (Lipinski definition) is 2. The van der Waals surface area contributed by atoms with Crippen LogP contribution in [0.3, 0.4) is 0 Å². The van der Waals surface area contributed by atoms with E-state index in [1.165, 1.54) is 6.08 Å². The number of hydrogen-bond donors (Lipinski definition) is 1. The molecule has 0 unspecified atom stereocenters. The fourth-order valence-corrected chi connectivity index (χ4v) is 2.65. The molecule has 1 aliphatic rings. The van der Waals surface area contributed by atoms with Gasteiger partial charge in [0.1, 0.15) is 0 Å². The molecule has 0 atom stereocenters. The summed E-state index contributed by atoms with van der Waals surface area (Å²) in [6.45, 7) is 0. The highest BCUT2D eigenvalue weighted by atomic mass is 16.4. The summed E-state index contributed by atoms with van der Waals surface area (Å²) in [5, 5.41) is 9.00. The van der Waals surface area contributed by atoms with E-state index in [2.05, 4.69) is 0 Å². The van der Waals surface area contributed by atoms with Gasteiger partial charge >= 0.3 is 11.7 Å². The molecule has 1 aromatic carbocycles. The van der Waals surface area contributed by atoms with E-state index in [1.807, 2.05) is 18.2 Å². The maximum Gasteiger partial charge on any atom is 0.328 e. The lowest BCUT2D eigenvalue weighted by Gasteiger charge is -2.06. The quantitative estimate of drug-likeness (QED) is 0.866. The first-order valence-corrected chi connectivity index (χ1v) is 6.59. The Hall–Kier alpha value is -2.30. The molecule has 1 N–H and O–H groups in total. The predicted molar refractivity (Wildman–Crippen MR) is 76.5 cm³/mol. The molecule has 0 bridgehead atoms. The third-order valence-corrected chi connectivity index (χ3v) is 3.90. The van der Waals surface area contributed by atoms with E-state index in [1.54, 1.807) is 23.2 Å². The van der Waals surface area contributed by atoms with E-state index >= 15 is 0 Å². The number of imidazole rings is 1. The Morgan fingerprint density at radius 3 is 2.50 bits per heavy atom. The van der Waals surface area contributed by atoms with E-state index < -0.39 is 5.97 Å². The zero-order valence-corrected chi connectivity index (χ0v) is 11.5. The zero-order valence-electron chi connectivity index (χ0n) is 11.5. The van der Waals surface area contributed by atoms with Crippen LogP contribution in [0.2, 0.25) is 0 Å². The van der Waals surface area contributed by atoms with Crippen molar-refractivity contribution in [3.63, 3.8) is 0 Å². The van der Waals surface area contributed by atoms with Crippen molar-refractivity contribution in [2.75, 3.05) is 0 Å². The number of rotatable bonds is 3. The molecule has 1 aliphatic carbocycles. The third-order valence-electron chi connectivity index (χ3n) is 3.90. The molecule has 1 heterocycles. The molecule has 3 rings (SSSR count). The summed E-state index contributed by atoms with van der Waals surface area (Å²) in [6, 6.07) is 5.68. The summed E-state index contributed by atoms with van der Waals surface area (Å²) in [5.41, 5.74) is 3.35. The highest BCUT2D eigenvalue weighted by molar-refractivity contribution is 5.92. The number of fused-ring (bicyclic) bond motifs is 1. The monoisotopic (exact) mass is 272 g/mol. The van der Waals surface area contributed by atoms with Gasteiger partial charge in [-0.05, 0) is 42.0 Å². The van der Waals surface area contributed by atoms with E-state index in [9.17, 15) is 9.59 Å². The number of carboxylic acids is 1. The van der Waals surface area contributed by atoms with Crippen LogP contribution in [-0.4, -0.2) is 20.2 Å². The van der Waals surface area contributed by atoms with Gasteiger partial charge in [0.25, 0.3) is 0 Å². The molecule has 5 heteroatoms. The molecule has 0 amide bonds. The second kappa shape index (κ2) is 4.37. The maximum atomic E-state index is 11.9. The molecule has 1 fully saturated rings. The number of nitrogens with zero attached hydrogens (tertiary/aromatic N) is 2. The number of aryl methyl sites for hydroxylation is 2. The second-order valence-electron chi connectivity index (χ2n) is 5.32. The smallest absolute Gasteiger partial charge is 0.328 e. The minimum atomic E-state index is -0.922. The normalized spacial score (nSPS) is 15.8. The van der Waals surface area contributed by atoms with Gasteiger partial charge in [0, 0.05) is 20.2 Å². The van der Waals surface area contributed by atoms with E-state index in [0.717, 1.165) is 35.0 Å². The largest absolute Gasteiger partial charge is 0.478 e. The highest BCUT2D eigenvalue weighted by Gasteiger charge is 2.28. The SMILES string of the molecule is Cn1c(=O)n(C)c2cc(/C(=C/C(=O)O)C3CC3)ccc21. The maximum absolute atomic E-state index is 11.9. The molecule has 0 radical (unpaired) electrons. The number of benzene rings is 1. The number of carboxylic acid groups (broad SMARTS) is 1. The number of aromatic nitrogens is 2. The van der Waals surface area contributed by atoms with Gasteiger partial charge in [-0.2, -0.15) is 0 Å². The Balaban J connectivity index is 2.20. The summed E-state index contributed by atoms with van der Waals surface area (Å²) in [7, 11) is 3.46. The van der Waals surface area contributed by atoms with Crippen LogP contribution in [0.15, 0.2) is 29.1 Å². The summed E-state index contributed by atoms with van der Waals surface area (Å²) in [4.78, 5) is 22.9. The topological polar surface area (TPSA) is 64.2 Å². The Bertz CT molecular complexity index is 791. The molecule has 0 aliphatic heterocycles. The summed E-state index contributed by atoms with van der Waals surface area (Å²) < 4.78 is 3.18. The van der Waals surface area contributed by atoms with Crippen molar-refractivity contribution in [3.8, 4) is 0 Å². The molecule has 0 saturated heterocycles. The Morgan fingerprint density at radius 2 is 1.90 bits per heavy atom. The number of aliphatic carboxylic acids is 1. The summed E-state index contributed by atoms with van der Waals surface area (Å²) in [5.74, 6) is -0.585. The minimum Gasteiger partial charge on any atom is -0.478 e. The van der Waals surface area contributed by atoms with Crippen molar-refractivity contribution in [2.45, 2.75) is 12.8 Å². The van der Waals surface area contributed by atoms with E-state index in [4.69, 9.17) is 5.11 Å². The van der Waals surface area contributed by atoms with Gasteiger partial charge in [-0.3, -0.25) is 9.13 Å². The molecule has 104 valence electrons. The molecule has 20 heavy (non-hydrogen) atoms. The first kappa shape index (κ1) is 12.7. The lowest BCUT2D eigenvalue weighted by Crippen LogP contribution is -2.19. The average molecular weight is 272 g/mol. The molecular weight excluding hydrogens is 256 g/mol. The van der Waals surface area contributed by atoms with E-state index in [-0.39, 0.29) is 5.69 Å². The first-order chi connectivity index (χ1) is 9.49. The number of carbonyl (C=O) groups is 1. The lowest BCUT2D eigenvalue weighted by atomic mass is 10.0. The van der Waals surface area contributed by atoms with E-state index in [0.29, 0.717) is 5.92 Å². The van der Waals surface area contributed by atoms with Crippen LogP contribution in [0.25, 0.3) is 16.6 Å². The molecule has 5 nitrogen and oxygen atoms in total. The van der Waals surface area contributed by atoms with Gasteiger partial charge in [0.05, 0.1) is 11.0 Å². The Morgan fingerprint density at radius 1 is 1.25 bits per heavy atom.